The molecule has 1 aromatic heterocycles. The molecule has 0 N–H and O–H groups in total. The quantitative estimate of drug-likeness (QED) is 0.843. The van der Waals surface area contributed by atoms with Gasteiger partial charge in [-0.2, -0.15) is 0 Å². The second kappa shape index (κ2) is 7.64. The Morgan fingerprint density at radius 3 is 2.62 bits per heavy atom. The zero-order chi connectivity index (χ0) is 16.9. The van der Waals surface area contributed by atoms with Crippen LogP contribution in [0.1, 0.15) is 32.6 Å². The Hall–Kier alpha value is -2.11. The summed E-state index contributed by atoms with van der Waals surface area (Å²) in [6, 6.07) is 3.71. The van der Waals surface area contributed by atoms with E-state index in [2.05, 4.69) is 4.98 Å². The summed E-state index contributed by atoms with van der Waals surface area (Å²) in [6.07, 6.45) is 6.45. The van der Waals surface area contributed by atoms with E-state index in [1.807, 2.05) is 24.0 Å². The lowest BCUT2D eigenvalue weighted by Crippen LogP contribution is -2.49. The number of carbonyl (C=O) groups excluding carboxylic acids is 2. The fraction of sp³-hybridized carbons (Fsp3) is 0.611. The average Bonchev–Trinajstić information content (AvgIpc) is 2.63. The number of hydrogen-bond donors (Lipinski definition) is 0. The summed E-state index contributed by atoms with van der Waals surface area (Å²) in [7, 11) is 0. The highest BCUT2D eigenvalue weighted by Crippen LogP contribution is 2.23. The predicted octanol–water partition coefficient (Wildman–Crippen LogP) is 1.71. The Morgan fingerprint density at radius 2 is 1.96 bits per heavy atom. The Labute approximate surface area is 142 Å². The van der Waals surface area contributed by atoms with E-state index in [0.717, 1.165) is 31.7 Å². The van der Waals surface area contributed by atoms with Crippen molar-refractivity contribution in [2.75, 3.05) is 26.2 Å². The van der Waals surface area contributed by atoms with Crippen molar-refractivity contribution < 1.29 is 14.3 Å². The Morgan fingerprint density at radius 1 is 1.25 bits per heavy atom. The maximum Gasteiger partial charge on any atom is 0.227 e. The minimum atomic E-state index is -0.0414. The molecule has 2 fully saturated rings. The number of piperidine rings is 2. The second-order valence-electron chi connectivity index (χ2n) is 6.49. The molecule has 2 aliphatic heterocycles. The first-order chi connectivity index (χ1) is 11.7. The first-order valence-electron chi connectivity index (χ1n) is 8.80. The SMILES string of the molecule is CCN1CC(C(=O)N2CCC(Oc3ccncc3)CC2)CCC1=O. The number of likely N-dealkylation sites (tertiary alicyclic amines) is 2. The van der Waals surface area contributed by atoms with Crippen LogP contribution in [0.25, 0.3) is 0 Å². The zero-order valence-electron chi connectivity index (χ0n) is 14.2. The van der Waals surface area contributed by atoms with Crippen LogP contribution in [0.15, 0.2) is 24.5 Å². The number of hydrogen-bond acceptors (Lipinski definition) is 4. The Kier molecular flexibility index (Phi) is 5.33. The minimum absolute atomic E-state index is 0.0414. The predicted molar refractivity (Wildman–Crippen MR) is 89.4 cm³/mol. The summed E-state index contributed by atoms with van der Waals surface area (Å²) in [5.41, 5.74) is 0. The number of ether oxygens (including phenoxy) is 1. The van der Waals surface area contributed by atoms with Crippen LogP contribution in [0, 0.1) is 5.92 Å². The van der Waals surface area contributed by atoms with E-state index in [4.69, 9.17) is 4.74 Å². The lowest BCUT2D eigenvalue weighted by molar-refractivity contribution is -0.144. The van der Waals surface area contributed by atoms with Gasteiger partial charge in [-0.25, -0.2) is 0 Å². The van der Waals surface area contributed by atoms with Crippen LogP contribution in [0.5, 0.6) is 5.75 Å². The van der Waals surface area contributed by atoms with Crippen molar-refractivity contribution >= 4 is 11.8 Å². The topological polar surface area (TPSA) is 62.7 Å². The third-order valence-electron chi connectivity index (χ3n) is 4.94. The van der Waals surface area contributed by atoms with Crippen molar-refractivity contribution in [2.45, 2.75) is 38.7 Å². The van der Waals surface area contributed by atoms with Gasteiger partial charge >= 0.3 is 0 Å². The van der Waals surface area contributed by atoms with E-state index >= 15 is 0 Å². The number of pyridine rings is 1. The van der Waals surface area contributed by atoms with Crippen LogP contribution in [0.4, 0.5) is 0 Å². The number of rotatable bonds is 4. The number of aromatic nitrogens is 1. The molecule has 0 aromatic carbocycles. The third kappa shape index (κ3) is 3.86. The molecule has 0 aliphatic carbocycles. The van der Waals surface area contributed by atoms with Gasteiger partial charge in [0.2, 0.25) is 11.8 Å². The first kappa shape index (κ1) is 16.7. The van der Waals surface area contributed by atoms with Gasteiger partial charge < -0.3 is 14.5 Å². The molecule has 2 amide bonds. The van der Waals surface area contributed by atoms with Gasteiger partial charge in [0.25, 0.3) is 0 Å². The average molecular weight is 331 g/mol. The van der Waals surface area contributed by atoms with E-state index in [9.17, 15) is 9.59 Å². The molecule has 24 heavy (non-hydrogen) atoms. The maximum atomic E-state index is 12.7. The van der Waals surface area contributed by atoms with Gasteiger partial charge in [0.15, 0.2) is 0 Å². The van der Waals surface area contributed by atoms with Gasteiger partial charge in [-0.15, -0.1) is 0 Å². The molecule has 0 radical (unpaired) electrons. The van der Waals surface area contributed by atoms with Gasteiger partial charge in [0.05, 0.1) is 5.92 Å². The lowest BCUT2D eigenvalue weighted by Gasteiger charge is -2.37. The zero-order valence-corrected chi connectivity index (χ0v) is 14.2. The molecule has 3 heterocycles. The minimum Gasteiger partial charge on any atom is -0.490 e. The van der Waals surface area contributed by atoms with E-state index in [1.165, 1.54) is 0 Å². The Bertz CT molecular complexity index is 570. The molecule has 6 heteroatoms. The number of carbonyl (C=O) groups is 2. The van der Waals surface area contributed by atoms with Crippen molar-refractivity contribution in [3.05, 3.63) is 24.5 Å². The van der Waals surface area contributed by atoms with Crippen molar-refractivity contribution in [1.82, 2.24) is 14.8 Å². The maximum absolute atomic E-state index is 12.7. The van der Waals surface area contributed by atoms with Crippen LogP contribution >= 0.6 is 0 Å². The van der Waals surface area contributed by atoms with Gasteiger partial charge in [-0.3, -0.25) is 14.6 Å². The Balaban J connectivity index is 1.49. The highest BCUT2D eigenvalue weighted by molar-refractivity contribution is 5.84. The van der Waals surface area contributed by atoms with E-state index in [0.29, 0.717) is 25.9 Å². The summed E-state index contributed by atoms with van der Waals surface area (Å²) < 4.78 is 5.95. The van der Waals surface area contributed by atoms with Crippen LogP contribution < -0.4 is 4.74 Å². The monoisotopic (exact) mass is 331 g/mol. The molecular weight excluding hydrogens is 306 g/mol. The third-order valence-corrected chi connectivity index (χ3v) is 4.94. The van der Waals surface area contributed by atoms with Crippen LogP contribution in [0.3, 0.4) is 0 Å². The second-order valence-corrected chi connectivity index (χ2v) is 6.49. The summed E-state index contributed by atoms with van der Waals surface area (Å²) in [5, 5.41) is 0. The van der Waals surface area contributed by atoms with Gasteiger partial charge in [-0.1, -0.05) is 0 Å². The van der Waals surface area contributed by atoms with E-state index in [1.54, 1.807) is 17.3 Å². The van der Waals surface area contributed by atoms with Crippen molar-refractivity contribution in [3.63, 3.8) is 0 Å². The van der Waals surface area contributed by atoms with Crippen molar-refractivity contribution in [1.29, 1.82) is 0 Å². The van der Waals surface area contributed by atoms with Crippen molar-refractivity contribution in [3.8, 4) is 5.75 Å². The molecule has 0 saturated carbocycles. The smallest absolute Gasteiger partial charge is 0.227 e. The van der Waals surface area contributed by atoms with Gasteiger partial charge in [0, 0.05) is 57.8 Å². The van der Waals surface area contributed by atoms with E-state index in [-0.39, 0.29) is 23.8 Å². The molecule has 3 rings (SSSR count). The molecule has 0 spiro atoms. The first-order valence-corrected chi connectivity index (χ1v) is 8.80. The summed E-state index contributed by atoms with van der Waals surface area (Å²) in [4.78, 5) is 32.2. The largest absolute Gasteiger partial charge is 0.490 e. The van der Waals surface area contributed by atoms with E-state index < -0.39 is 0 Å². The highest BCUT2D eigenvalue weighted by atomic mass is 16.5. The number of amides is 2. The summed E-state index contributed by atoms with van der Waals surface area (Å²) in [5.74, 6) is 1.16. The molecule has 1 aromatic rings. The molecule has 130 valence electrons. The lowest BCUT2D eigenvalue weighted by atomic mass is 9.95. The fourth-order valence-electron chi connectivity index (χ4n) is 3.48. The molecule has 2 aliphatic rings. The molecule has 1 atom stereocenters. The number of nitrogens with zero attached hydrogens (tertiary/aromatic N) is 3. The molecule has 6 nitrogen and oxygen atoms in total. The highest BCUT2D eigenvalue weighted by Gasteiger charge is 2.33. The van der Waals surface area contributed by atoms with Crippen molar-refractivity contribution in [2.24, 2.45) is 5.92 Å². The van der Waals surface area contributed by atoms with Gasteiger partial charge in [0.1, 0.15) is 11.9 Å². The normalized spacial score (nSPS) is 22.5. The molecule has 2 saturated heterocycles. The van der Waals surface area contributed by atoms with Crippen LogP contribution in [0.2, 0.25) is 0 Å². The van der Waals surface area contributed by atoms with Gasteiger partial charge in [-0.05, 0) is 25.5 Å². The van der Waals surface area contributed by atoms with Crippen LogP contribution in [-0.2, 0) is 9.59 Å². The summed E-state index contributed by atoms with van der Waals surface area (Å²) >= 11 is 0. The molecule has 0 bridgehead atoms. The fourth-order valence-corrected chi connectivity index (χ4v) is 3.48. The molecular formula is C18H25N3O3. The van der Waals surface area contributed by atoms with Crippen LogP contribution in [-0.4, -0.2) is 58.9 Å². The summed E-state index contributed by atoms with van der Waals surface area (Å²) in [6.45, 7) is 4.68. The standard InChI is InChI=1S/C18H25N3O3/c1-2-20-13-14(3-4-17(20)22)18(23)21-11-7-16(8-12-21)24-15-5-9-19-10-6-15/h5-6,9-10,14,16H,2-4,7-8,11-13H2,1H3. The molecule has 1 unspecified atom stereocenters.